The zero-order valence-corrected chi connectivity index (χ0v) is 24.2. The number of carbonyl (C=O) groups excluding carboxylic acids is 1. The smallest absolute Gasteiger partial charge is 0.254 e. The fourth-order valence-electron chi connectivity index (χ4n) is 4.78. The van der Waals surface area contributed by atoms with Crippen molar-refractivity contribution in [2.75, 3.05) is 53.7 Å². The summed E-state index contributed by atoms with van der Waals surface area (Å²) in [5, 5.41) is 0.385. The van der Waals surface area contributed by atoms with Gasteiger partial charge in [-0.2, -0.15) is 0 Å². The predicted molar refractivity (Wildman–Crippen MR) is 155 cm³/mol. The predicted octanol–water partition coefficient (Wildman–Crippen LogP) is 5.24. The number of ether oxygens (including phenoxy) is 5. The minimum Gasteiger partial charge on any atom is -0.496 e. The molecule has 10 nitrogen and oxygen atoms in total. The van der Waals surface area contributed by atoms with Crippen molar-refractivity contribution in [1.82, 2.24) is 14.9 Å². The Balaban J connectivity index is 1.40. The Morgan fingerprint density at radius 2 is 1.77 bits per heavy atom. The number of morpholine rings is 1. The number of aromatic nitrogens is 2. The Hall–Kier alpha value is -4.26. The highest BCUT2D eigenvalue weighted by Crippen LogP contribution is 2.40. The summed E-state index contributed by atoms with van der Waals surface area (Å²) in [6, 6.07) is 7.84. The summed E-state index contributed by atoms with van der Waals surface area (Å²) in [4.78, 5) is 22.8. The van der Waals surface area contributed by atoms with Gasteiger partial charge in [-0.25, -0.2) is 13.8 Å². The molecule has 0 spiro atoms. The van der Waals surface area contributed by atoms with Crippen molar-refractivity contribution in [2.24, 2.45) is 5.73 Å². The number of pyridine rings is 2. The van der Waals surface area contributed by atoms with Crippen LogP contribution in [0.15, 0.2) is 42.6 Å². The van der Waals surface area contributed by atoms with Crippen molar-refractivity contribution in [3.05, 3.63) is 64.9 Å². The number of rotatable bonds is 11. The van der Waals surface area contributed by atoms with Crippen LogP contribution < -0.4 is 24.7 Å². The summed E-state index contributed by atoms with van der Waals surface area (Å²) in [5.74, 6) is -2.12. The number of amides is 1. The van der Waals surface area contributed by atoms with Gasteiger partial charge in [-0.15, -0.1) is 0 Å². The first-order chi connectivity index (χ1) is 20.8. The number of hydrogen-bond acceptors (Lipinski definition) is 9. The topological polar surface area (TPSA) is 118 Å². The number of benzene rings is 2. The van der Waals surface area contributed by atoms with Crippen molar-refractivity contribution >= 4 is 28.4 Å². The molecule has 2 aromatic carbocycles. The highest BCUT2D eigenvalue weighted by molar-refractivity contribution is 6.30. The summed E-state index contributed by atoms with van der Waals surface area (Å²) in [6.07, 6.45) is 2.30. The largest absolute Gasteiger partial charge is 0.496 e. The minimum absolute atomic E-state index is 0.0275. The monoisotopic (exact) mass is 614 g/mol. The van der Waals surface area contributed by atoms with E-state index < -0.39 is 23.3 Å². The molecule has 0 bridgehead atoms. The van der Waals surface area contributed by atoms with Crippen molar-refractivity contribution in [3.8, 4) is 40.0 Å². The van der Waals surface area contributed by atoms with Gasteiger partial charge in [-0.1, -0.05) is 11.6 Å². The molecule has 0 saturated carbocycles. The third kappa shape index (κ3) is 6.71. The van der Waals surface area contributed by atoms with Gasteiger partial charge in [-0.05, 0) is 24.6 Å². The van der Waals surface area contributed by atoms with Crippen LogP contribution in [0.4, 0.5) is 8.78 Å². The SMILES string of the molecule is COc1cc2c(Oc3cc(F)c(-c4nc(Cl)cc(OC)c4C(N)=O)cc3F)ccnc2cc1OCCCN1CCOCC1. The molecule has 0 unspecified atom stereocenters. The van der Waals surface area contributed by atoms with Crippen LogP contribution in [0.3, 0.4) is 0 Å². The van der Waals surface area contributed by atoms with E-state index in [1.165, 1.54) is 32.5 Å². The highest BCUT2D eigenvalue weighted by Gasteiger charge is 2.24. The number of nitrogens with two attached hydrogens (primary N) is 1. The van der Waals surface area contributed by atoms with E-state index in [9.17, 15) is 4.79 Å². The molecule has 1 aliphatic rings. The van der Waals surface area contributed by atoms with Gasteiger partial charge in [0.05, 0.1) is 45.3 Å². The zero-order chi connectivity index (χ0) is 30.5. The highest BCUT2D eigenvalue weighted by atomic mass is 35.5. The standard InChI is InChI=1S/C30H29ClF2N4O6/c1-39-24-13-18-21(15-25(24)42-9-3-6-37-7-10-41-11-8-37)35-5-4-22(18)43-23-14-19(32)17(12-20(23)33)29-28(30(34)38)26(40-2)16-27(31)36-29/h4-5,12-16H,3,6-11H2,1-2H3,(H2,34,38). The Bertz CT molecular complexity index is 1650. The number of carbonyl (C=O) groups is 1. The lowest BCUT2D eigenvalue weighted by Crippen LogP contribution is -2.37. The van der Waals surface area contributed by atoms with Crippen LogP contribution in [0.25, 0.3) is 22.2 Å². The number of fused-ring (bicyclic) bond motifs is 1. The lowest BCUT2D eigenvalue weighted by Gasteiger charge is -2.26. The number of halogens is 3. The van der Waals surface area contributed by atoms with Crippen molar-refractivity contribution in [1.29, 1.82) is 0 Å². The number of hydrogen-bond donors (Lipinski definition) is 1. The van der Waals surface area contributed by atoms with Gasteiger partial charge in [0.2, 0.25) is 0 Å². The fourth-order valence-corrected chi connectivity index (χ4v) is 4.96. The molecule has 0 aliphatic carbocycles. The van der Waals surface area contributed by atoms with E-state index in [0.717, 1.165) is 51.4 Å². The molecule has 1 saturated heterocycles. The van der Waals surface area contributed by atoms with Crippen LogP contribution in [0.2, 0.25) is 5.15 Å². The van der Waals surface area contributed by atoms with E-state index in [-0.39, 0.29) is 33.5 Å². The van der Waals surface area contributed by atoms with E-state index in [1.807, 2.05) is 0 Å². The molecule has 1 amide bonds. The van der Waals surface area contributed by atoms with Gasteiger partial charge in [0, 0.05) is 55.0 Å². The molecule has 1 fully saturated rings. The average molecular weight is 615 g/mol. The summed E-state index contributed by atoms with van der Waals surface area (Å²) >= 11 is 6.03. The Morgan fingerprint density at radius 3 is 2.49 bits per heavy atom. The molecule has 1 aliphatic heterocycles. The third-order valence-electron chi connectivity index (χ3n) is 6.88. The Kier molecular flexibility index (Phi) is 9.39. The number of primary amides is 1. The van der Waals surface area contributed by atoms with Gasteiger partial charge in [0.15, 0.2) is 23.1 Å². The van der Waals surface area contributed by atoms with Crippen LogP contribution in [-0.4, -0.2) is 74.4 Å². The van der Waals surface area contributed by atoms with E-state index in [1.54, 1.807) is 12.1 Å². The maximum atomic E-state index is 15.4. The zero-order valence-electron chi connectivity index (χ0n) is 23.5. The molecule has 0 atom stereocenters. The van der Waals surface area contributed by atoms with Gasteiger partial charge >= 0.3 is 0 Å². The van der Waals surface area contributed by atoms with Crippen molar-refractivity contribution in [2.45, 2.75) is 6.42 Å². The lowest BCUT2D eigenvalue weighted by molar-refractivity contribution is 0.0357. The first-order valence-electron chi connectivity index (χ1n) is 13.4. The molecule has 0 radical (unpaired) electrons. The molecule has 5 rings (SSSR count). The van der Waals surface area contributed by atoms with E-state index in [0.29, 0.717) is 29.0 Å². The molecule has 43 heavy (non-hydrogen) atoms. The Morgan fingerprint density at radius 1 is 1.00 bits per heavy atom. The lowest BCUT2D eigenvalue weighted by atomic mass is 10.0. The third-order valence-corrected chi connectivity index (χ3v) is 7.08. The van der Waals surface area contributed by atoms with Crippen molar-refractivity contribution < 1.29 is 37.3 Å². The van der Waals surface area contributed by atoms with E-state index >= 15 is 8.78 Å². The van der Waals surface area contributed by atoms with Crippen LogP contribution in [0, 0.1) is 11.6 Å². The molecule has 4 aromatic rings. The first-order valence-corrected chi connectivity index (χ1v) is 13.8. The fraction of sp³-hybridized carbons (Fsp3) is 0.300. The van der Waals surface area contributed by atoms with Crippen LogP contribution >= 0.6 is 11.6 Å². The van der Waals surface area contributed by atoms with Crippen LogP contribution in [0.1, 0.15) is 16.8 Å². The number of methoxy groups -OCH3 is 2. The molecule has 13 heteroatoms. The van der Waals surface area contributed by atoms with Crippen LogP contribution in [0.5, 0.6) is 28.7 Å². The maximum absolute atomic E-state index is 15.4. The maximum Gasteiger partial charge on any atom is 0.254 e. The molecule has 2 aromatic heterocycles. The van der Waals surface area contributed by atoms with Crippen LogP contribution in [-0.2, 0) is 4.74 Å². The molecule has 2 N–H and O–H groups in total. The molecule has 226 valence electrons. The second-order valence-electron chi connectivity index (χ2n) is 9.58. The van der Waals surface area contributed by atoms with E-state index in [4.69, 9.17) is 41.0 Å². The summed E-state index contributed by atoms with van der Waals surface area (Å²) in [5.41, 5.74) is 5.11. The Labute approximate surface area is 251 Å². The minimum atomic E-state index is -0.950. The second-order valence-corrected chi connectivity index (χ2v) is 9.97. The van der Waals surface area contributed by atoms with Gasteiger partial charge in [-0.3, -0.25) is 14.7 Å². The van der Waals surface area contributed by atoms with Gasteiger partial charge < -0.3 is 29.4 Å². The normalized spacial score (nSPS) is 13.6. The first kappa shape index (κ1) is 30.2. The van der Waals surface area contributed by atoms with Gasteiger partial charge in [0.25, 0.3) is 5.91 Å². The molecular weight excluding hydrogens is 586 g/mol. The second kappa shape index (κ2) is 13.4. The van der Waals surface area contributed by atoms with Crippen molar-refractivity contribution in [3.63, 3.8) is 0 Å². The molecule has 3 heterocycles. The quantitative estimate of drug-likeness (QED) is 0.179. The van der Waals surface area contributed by atoms with E-state index in [2.05, 4.69) is 14.9 Å². The average Bonchev–Trinajstić information content (AvgIpc) is 3.00. The number of nitrogens with zero attached hydrogens (tertiary/aromatic N) is 3. The summed E-state index contributed by atoms with van der Waals surface area (Å²) in [6.45, 7) is 4.64. The summed E-state index contributed by atoms with van der Waals surface area (Å²) in [7, 11) is 2.79. The molecular formula is C30H29ClF2N4O6. The summed E-state index contributed by atoms with van der Waals surface area (Å²) < 4.78 is 58.6. The van der Waals surface area contributed by atoms with Gasteiger partial charge in [0.1, 0.15) is 28.0 Å².